The van der Waals surface area contributed by atoms with Gasteiger partial charge in [0.1, 0.15) is 11.6 Å². The van der Waals surface area contributed by atoms with E-state index >= 15 is 0 Å². The second-order valence-electron chi connectivity index (χ2n) is 5.07. The Hall–Kier alpha value is -1.30. The number of sulfonamides is 1. The summed E-state index contributed by atoms with van der Waals surface area (Å²) in [5, 5.41) is 9.06. The first-order valence-electron chi connectivity index (χ1n) is 6.54. The second kappa shape index (κ2) is 7.33. The summed E-state index contributed by atoms with van der Waals surface area (Å²) in [5.74, 6) is 1.01. The summed E-state index contributed by atoms with van der Waals surface area (Å²) >= 11 is 0. The lowest BCUT2D eigenvalue weighted by Gasteiger charge is -2.07. The van der Waals surface area contributed by atoms with Crippen LogP contribution in [0, 0.1) is 5.92 Å². The van der Waals surface area contributed by atoms with E-state index in [1.807, 2.05) is 0 Å². The summed E-state index contributed by atoms with van der Waals surface area (Å²) in [6.45, 7) is 4.32. The smallest absolute Gasteiger partial charge is 0.233 e. The third-order valence-electron chi connectivity index (χ3n) is 2.70. The fourth-order valence-electron chi connectivity index (χ4n) is 1.68. The van der Waals surface area contributed by atoms with Crippen molar-refractivity contribution in [3.05, 3.63) is 18.3 Å². The standard InChI is InChI=1S/C13H22N2O3S/c1-11(2)6-4-3-5-9-19(17,18)15-13-8-7-12(16)10-14-13/h7-8,10-11,16H,3-6,9H2,1-2H3,(H,14,15). The van der Waals surface area contributed by atoms with Crippen LogP contribution in [0.15, 0.2) is 18.3 Å². The van der Waals surface area contributed by atoms with Gasteiger partial charge in [0, 0.05) is 0 Å². The Balaban J connectivity index is 2.34. The number of rotatable bonds is 8. The highest BCUT2D eigenvalue weighted by Crippen LogP contribution is 2.13. The third kappa shape index (κ3) is 7.00. The van der Waals surface area contributed by atoms with Gasteiger partial charge in [-0.15, -0.1) is 0 Å². The van der Waals surface area contributed by atoms with Gasteiger partial charge >= 0.3 is 0 Å². The van der Waals surface area contributed by atoms with Gasteiger partial charge in [-0.1, -0.05) is 33.1 Å². The van der Waals surface area contributed by atoms with E-state index in [9.17, 15) is 8.42 Å². The molecule has 2 N–H and O–H groups in total. The van der Waals surface area contributed by atoms with E-state index in [2.05, 4.69) is 23.6 Å². The highest BCUT2D eigenvalue weighted by atomic mass is 32.2. The molecule has 0 aliphatic carbocycles. The summed E-state index contributed by atoms with van der Waals surface area (Å²) < 4.78 is 25.9. The number of unbranched alkanes of at least 4 members (excludes halogenated alkanes) is 2. The molecule has 0 spiro atoms. The first kappa shape index (κ1) is 15.8. The molecule has 0 aliphatic heterocycles. The first-order chi connectivity index (χ1) is 8.89. The SMILES string of the molecule is CC(C)CCCCCS(=O)(=O)Nc1ccc(O)cn1. The lowest BCUT2D eigenvalue weighted by Crippen LogP contribution is -2.17. The minimum Gasteiger partial charge on any atom is -0.506 e. The molecule has 6 heteroatoms. The Labute approximate surface area is 115 Å². The van der Waals surface area contributed by atoms with Crippen molar-refractivity contribution in [2.75, 3.05) is 10.5 Å². The van der Waals surface area contributed by atoms with Gasteiger partial charge in [-0.05, 0) is 24.5 Å². The van der Waals surface area contributed by atoms with Gasteiger partial charge in [0.15, 0.2) is 0 Å². The maximum absolute atomic E-state index is 11.8. The van der Waals surface area contributed by atoms with E-state index in [4.69, 9.17) is 5.11 Å². The lowest BCUT2D eigenvalue weighted by atomic mass is 10.1. The Morgan fingerprint density at radius 3 is 2.58 bits per heavy atom. The van der Waals surface area contributed by atoms with E-state index < -0.39 is 10.0 Å². The molecule has 0 aromatic carbocycles. The highest BCUT2D eigenvalue weighted by molar-refractivity contribution is 7.92. The van der Waals surface area contributed by atoms with Crippen LogP contribution < -0.4 is 4.72 Å². The Bertz CT molecular complexity index is 469. The molecular formula is C13H22N2O3S. The molecule has 5 nitrogen and oxygen atoms in total. The molecule has 0 saturated carbocycles. The third-order valence-corrected chi connectivity index (χ3v) is 4.05. The molecule has 1 aromatic heterocycles. The number of aromatic hydroxyl groups is 1. The van der Waals surface area contributed by atoms with Crippen LogP contribution in [0.5, 0.6) is 5.75 Å². The van der Waals surface area contributed by atoms with Crippen LogP contribution in [-0.4, -0.2) is 24.3 Å². The quantitative estimate of drug-likeness (QED) is 0.720. The van der Waals surface area contributed by atoms with Crippen molar-refractivity contribution in [1.29, 1.82) is 0 Å². The van der Waals surface area contributed by atoms with Crippen molar-refractivity contribution in [3.63, 3.8) is 0 Å². The molecule has 19 heavy (non-hydrogen) atoms. The van der Waals surface area contributed by atoms with Gasteiger partial charge in [0.25, 0.3) is 0 Å². The lowest BCUT2D eigenvalue weighted by molar-refractivity contribution is 0.473. The minimum atomic E-state index is -3.34. The van der Waals surface area contributed by atoms with Gasteiger partial charge in [-0.2, -0.15) is 0 Å². The van der Waals surface area contributed by atoms with Crippen LogP contribution in [0.2, 0.25) is 0 Å². The zero-order valence-corrected chi connectivity index (χ0v) is 12.3. The summed E-state index contributed by atoms with van der Waals surface area (Å²) in [6.07, 6.45) is 4.97. The summed E-state index contributed by atoms with van der Waals surface area (Å²) in [4.78, 5) is 3.79. The molecule has 0 atom stereocenters. The number of hydrogen-bond acceptors (Lipinski definition) is 4. The Morgan fingerprint density at radius 2 is 2.00 bits per heavy atom. The molecule has 0 amide bonds. The molecule has 0 aliphatic rings. The van der Waals surface area contributed by atoms with E-state index in [0.717, 1.165) is 19.3 Å². The normalized spacial score (nSPS) is 11.7. The topological polar surface area (TPSA) is 79.3 Å². The summed E-state index contributed by atoms with van der Waals surface area (Å²) in [5.41, 5.74) is 0. The van der Waals surface area contributed by atoms with Gasteiger partial charge in [0.05, 0.1) is 11.9 Å². The summed E-state index contributed by atoms with van der Waals surface area (Å²) in [6, 6.07) is 2.83. The predicted molar refractivity (Wildman–Crippen MR) is 76.6 cm³/mol. The molecule has 0 fully saturated rings. The maximum atomic E-state index is 11.8. The van der Waals surface area contributed by atoms with E-state index in [-0.39, 0.29) is 17.3 Å². The molecule has 1 rings (SSSR count). The van der Waals surface area contributed by atoms with Crippen LogP contribution in [0.25, 0.3) is 0 Å². The Kier molecular flexibility index (Phi) is 6.08. The molecule has 0 bridgehead atoms. The fourth-order valence-corrected chi connectivity index (χ4v) is 2.80. The molecule has 1 aromatic rings. The zero-order valence-electron chi connectivity index (χ0n) is 11.5. The van der Waals surface area contributed by atoms with Crippen molar-refractivity contribution in [2.45, 2.75) is 39.5 Å². The number of aromatic nitrogens is 1. The molecule has 1 heterocycles. The van der Waals surface area contributed by atoms with Gasteiger partial charge < -0.3 is 5.11 Å². The second-order valence-corrected chi connectivity index (χ2v) is 6.91. The monoisotopic (exact) mass is 286 g/mol. The van der Waals surface area contributed by atoms with E-state index in [1.165, 1.54) is 18.3 Å². The Morgan fingerprint density at radius 1 is 1.26 bits per heavy atom. The highest BCUT2D eigenvalue weighted by Gasteiger charge is 2.10. The number of pyridine rings is 1. The van der Waals surface area contributed by atoms with Crippen LogP contribution in [-0.2, 0) is 10.0 Å². The molecule has 0 saturated heterocycles. The van der Waals surface area contributed by atoms with E-state index in [1.54, 1.807) is 0 Å². The molecule has 0 unspecified atom stereocenters. The van der Waals surface area contributed by atoms with Crippen molar-refractivity contribution < 1.29 is 13.5 Å². The average molecular weight is 286 g/mol. The summed E-state index contributed by atoms with van der Waals surface area (Å²) in [7, 11) is -3.34. The van der Waals surface area contributed by atoms with Crippen molar-refractivity contribution >= 4 is 15.8 Å². The maximum Gasteiger partial charge on any atom is 0.233 e. The predicted octanol–water partition coefficient (Wildman–Crippen LogP) is 2.75. The van der Waals surface area contributed by atoms with Crippen LogP contribution in [0.4, 0.5) is 5.82 Å². The van der Waals surface area contributed by atoms with E-state index in [0.29, 0.717) is 12.3 Å². The van der Waals surface area contributed by atoms with Gasteiger partial charge in [-0.3, -0.25) is 4.72 Å². The minimum absolute atomic E-state index is 0.0108. The van der Waals surface area contributed by atoms with Crippen LogP contribution in [0.1, 0.15) is 39.5 Å². The number of hydrogen-bond donors (Lipinski definition) is 2. The fraction of sp³-hybridized carbons (Fsp3) is 0.615. The first-order valence-corrected chi connectivity index (χ1v) is 8.20. The van der Waals surface area contributed by atoms with Gasteiger partial charge in [0.2, 0.25) is 10.0 Å². The zero-order chi connectivity index (χ0) is 14.3. The van der Waals surface area contributed by atoms with Gasteiger partial charge in [-0.25, -0.2) is 13.4 Å². The van der Waals surface area contributed by atoms with Crippen LogP contribution >= 0.6 is 0 Å². The van der Waals surface area contributed by atoms with Crippen molar-refractivity contribution in [3.8, 4) is 5.75 Å². The van der Waals surface area contributed by atoms with Crippen LogP contribution in [0.3, 0.4) is 0 Å². The molecular weight excluding hydrogens is 264 g/mol. The molecule has 0 radical (unpaired) electrons. The number of nitrogens with zero attached hydrogens (tertiary/aromatic N) is 1. The molecule has 108 valence electrons. The average Bonchev–Trinajstić information content (AvgIpc) is 2.31. The largest absolute Gasteiger partial charge is 0.506 e. The number of nitrogens with one attached hydrogen (secondary N) is 1. The van der Waals surface area contributed by atoms with Crippen molar-refractivity contribution in [1.82, 2.24) is 4.98 Å². The van der Waals surface area contributed by atoms with Crippen molar-refractivity contribution in [2.24, 2.45) is 5.92 Å². The number of anilines is 1.